The van der Waals surface area contributed by atoms with E-state index in [2.05, 4.69) is 5.32 Å². The minimum Gasteiger partial charge on any atom is -0.478 e. The summed E-state index contributed by atoms with van der Waals surface area (Å²) < 4.78 is 18.7. The molecular weight excluding hydrogens is 259 g/mol. The lowest BCUT2D eigenvalue weighted by Crippen LogP contribution is -2.40. The van der Waals surface area contributed by atoms with Gasteiger partial charge in [-0.25, -0.2) is 4.39 Å². The predicted octanol–water partition coefficient (Wildman–Crippen LogP) is 1.48. The predicted molar refractivity (Wildman–Crippen MR) is 70.4 cm³/mol. The number of amides is 1. The molecule has 0 fully saturated rings. The van der Waals surface area contributed by atoms with Crippen LogP contribution in [0.3, 0.4) is 0 Å². The van der Waals surface area contributed by atoms with Crippen LogP contribution in [0.15, 0.2) is 24.3 Å². The van der Waals surface area contributed by atoms with Crippen molar-refractivity contribution in [2.45, 2.75) is 19.4 Å². The molecule has 0 saturated carbocycles. The molecule has 4 nitrogen and oxygen atoms in total. The van der Waals surface area contributed by atoms with Crippen molar-refractivity contribution in [3.63, 3.8) is 0 Å². The number of carbonyl (C=O) groups excluding carboxylic acids is 1. The Morgan fingerprint density at radius 2 is 2.17 bits per heavy atom. The van der Waals surface area contributed by atoms with Crippen molar-refractivity contribution >= 4 is 18.3 Å². The Kier molecular flexibility index (Phi) is 8.07. The fourth-order valence-electron chi connectivity index (χ4n) is 1.33. The maximum Gasteiger partial charge on any atom is 0.261 e. The van der Waals surface area contributed by atoms with Gasteiger partial charge in [0.1, 0.15) is 0 Å². The third-order valence-electron chi connectivity index (χ3n) is 2.21. The van der Waals surface area contributed by atoms with Gasteiger partial charge in [-0.05, 0) is 18.6 Å². The van der Waals surface area contributed by atoms with E-state index >= 15 is 0 Å². The summed E-state index contributed by atoms with van der Waals surface area (Å²) in [6.45, 7) is 2.55. The van der Waals surface area contributed by atoms with Gasteiger partial charge in [0, 0.05) is 13.1 Å². The van der Waals surface area contributed by atoms with Gasteiger partial charge in [-0.1, -0.05) is 19.1 Å². The smallest absolute Gasteiger partial charge is 0.261 e. The van der Waals surface area contributed by atoms with Crippen molar-refractivity contribution in [2.24, 2.45) is 5.73 Å². The molecule has 0 aromatic heterocycles. The molecule has 18 heavy (non-hydrogen) atoms. The summed E-state index contributed by atoms with van der Waals surface area (Å²) >= 11 is 0. The minimum absolute atomic E-state index is 0. The van der Waals surface area contributed by atoms with Crippen molar-refractivity contribution in [2.75, 3.05) is 13.1 Å². The van der Waals surface area contributed by atoms with Crippen LogP contribution in [0, 0.1) is 5.82 Å². The Labute approximate surface area is 112 Å². The number of hydrogen-bond acceptors (Lipinski definition) is 3. The van der Waals surface area contributed by atoms with Gasteiger partial charge in [-0.2, -0.15) is 0 Å². The fraction of sp³-hybridized carbons (Fsp3) is 0.417. The second-order valence-electron chi connectivity index (χ2n) is 3.52. The molecule has 0 aliphatic rings. The molecule has 1 aromatic rings. The zero-order chi connectivity index (χ0) is 12.7. The first-order valence-electron chi connectivity index (χ1n) is 5.58. The molecule has 0 bridgehead atoms. The van der Waals surface area contributed by atoms with Gasteiger partial charge < -0.3 is 15.8 Å². The van der Waals surface area contributed by atoms with E-state index in [4.69, 9.17) is 10.5 Å². The van der Waals surface area contributed by atoms with Crippen molar-refractivity contribution in [3.05, 3.63) is 30.1 Å². The van der Waals surface area contributed by atoms with Crippen LogP contribution in [0.5, 0.6) is 5.75 Å². The summed E-state index contributed by atoms with van der Waals surface area (Å²) in [6, 6.07) is 6.01. The molecule has 0 radical (unpaired) electrons. The number of nitrogens with two attached hydrogens (primary N) is 1. The minimum atomic E-state index is -0.696. The van der Waals surface area contributed by atoms with Gasteiger partial charge in [0.05, 0.1) is 0 Å². The number of ether oxygens (including phenoxy) is 1. The zero-order valence-electron chi connectivity index (χ0n) is 10.2. The summed E-state index contributed by atoms with van der Waals surface area (Å²) in [5.74, 6) is -0.666. The number of carbonyl (C=O) groups is 1. The summed E-state index contributed by atoms with van der Waals surface area (Å²) in [5.41, 5.74) is 5.28. The molecular formula is C12H18ClFN2O2. The van der Waals surface area contributed by atoms with Crippen LogP contribution in [-0.2, 0) is 4.79 Å². The first kappa shape index (κ1) is 16.7. The number of nitrogens with one attached hydrogen (secondary N) is 1. The molecule has 1 aromatic carbocycles. The van der Waals surface area contributed by atoms with E-state index < -0.39 is 11.9 Å². The van der Waals surface area contributed by atoms with Crippen molar-refractivity contribution in [1.82, 2.24) is 5.32 Å². The molecule has 0 saturated heterocycles. The molecule has 0 heterocycles. The van der Waals surface area contributed by atoms with Gasteiger partial charge in [-0.3, -0.25) is 4.79 Å². The second-order valence-corrected chi connectivity index (χ2v) is 3.52. The Bertz CT molecular complexity index is 377. The van der Waals surface area contributed by atoms with Crippen LogP contribution in [0.25, 0.3) is 0 Å². The number of para-hydroxylation sites is 1. The summed E-state index contributed by atoms with van der Waals surface area (Å²) in [5, 5.41) is 2.61. The second kappa shape index (κ2) is 8.72. The molecule has 0 aliphatic carbocycles. The number of halogens is 2. The quantitative estimate of drug-likeness (QED) is 0.827. The summed E-state index contributed by atoms with van der Waals surface area (Å²) in [7, 11) is 0. The first-order valence-corrected chi connectivity index (χ1v) is 5.58. The molecule has 0 aliphatic heterocycles. The van der Waals surface area contributed by atoms with Crippen LogP contribution in [0.4, 0.5) is 4.39 Å². The standard InChI is InChI=1S/C12H17FN2O2.ClH/c1-2-10(12(16)15-8-7-14)17-11-6-4-3-5-9(11)13;/h3-6,10H,2,7-8,14H2,1H3,(H,15,16);1H. The van der Waals surface area contributed by atoms with Gasteiger partial charge in [0.15, 0.2) is 17.7 Å². The van der Waals surface area contributed by atoms with E-state index in [1.165, 1.54) is 12.1 Å². The average molecular weight is 277 g/mol. The molecule has 3 N–H and O–H groups in total. The highest BCUT2D eigenvalue weighted by Crippen LogP contribution is 2.17. The average Bonchev–Trinajstić information content (AvgIpc) is 2.35. The maximum atomic E-state index is 13.3. The molecule has 1 rings (SSSR count). The molecule has 1 atom stereocenters. The summed E-state index contributed by atoms with van der Waals surface area (Å²) in [6.07, 6.45) is -0.233. The van der Waals surface area contributed by atoms with Crippen molar-refractivity contribution < 1.29 is 13.9 Å². The lowest BCUT2D eigenvalue weighted by atomic mass is 10.2. The van der Waals surface area contributed by atoms with Crippen molar-refractivity contribution in [1.29, 1.82) is 0 Å². The van der Waals surface area contributed by atoms with E-state index in [1.54, 1.807) is 19.1 Å². The SMILES string of the molecule is CCC(Oc1ccccc1F)C(=O)NCCN.Cl. The normalized spacial score (nSPS) is 11.3. The molecule has 102 valence electrons. The number of benzene rings is 1. The van der Waals surface area contributed by atoms with Gasteiger partial charge in [0.25, 0.3) is 5.91 Å². The lowest BCUT2D eigenvalue weighted by Gasteiger charge is -2.17. The summed E-state index contributed by atoms with van der Waals surface area (Å²) in [4.78, 5) is 11.6. The van der Waals surface area contributed by atoms with Gasteiger partial charge >= 0.3 is 0 Å². The molecule has 0 spiro atoms. The number of rotatable bonds is 6. The van der Waals surface area contributed by atoms with Crippen LogP contribution >= 0.6 is 12.4 Å². The van der Waals surface area contributed by atoms with E-state index in [9.17, 15) is 9.18 Å². The topological polar surface area (TPSA) is 64.3 Å². The third kappa shape index (κ3) is 4.89. The fourth-order valence-corrected chi connectivity index (χ4v) is 1.33. The number of hydrogen-bond donors (Lipinski definition) is 2. The Hall–Kier alpha value is -1.33. The lowest BCUT2D eigenvalue weighted by molar-refractivity contribution is -0.128. The van der Waals surface area contributed by atoms with Gasteiger partial charge in [0.2, 0.25) is 0 Å². The van der Waals surface area contributed by atoms with E-state index in [-0.39, 0.29) is 24.1 Å². The highest BCUT2D eigenvalue weighted by molar-refractivity contribution is 5.85. The van der Waals surface area contributed by atoms with Crippen LogP contribution in [0.1, 0.15) is 13.3 Å². The van der Waals surface area contributed by atoms with Crippen LogP contribution in [-0.4, -0.2) is 25.1 Å². The monoisotopic (exact) mass is 276 g/mol. The van der Waals surface area contributed by atoms with Crippen LogP contribution in [0.2, 0.25) is 0 Å². The highest BCUT2D eigenvalue weighted by atomic mass is 35.5. The van der Waals surface area contributed by atoms with E-state index in [1.807, 2.05) is 0 Å². The molecule has 1 amide bonds. The highest BCUT2D eigenvalue weighted by Gasteiger charge is 2.18. The molecule has 6 heteroatoms. The Morgan fingerprint density at radius 3 is 2.72 bits per heavy atom. The van der Waals surface area contributed by atoms with E-state index in [0.29, 0.717) is 19.5 Å². The Balaban J connectivity index is 0.00000289. The van der Waals surface area contributed by atoms with Crippen molar-refractivity contribution in [3.8, 4) is 5.75 Å². The van der Waals surface area contributed by atoms with Gasteiger partial charge in [-0.15, -0.1) is 12.4 Å². The molecule has 1 unspecified atom stereocenters. The van der Waals surface area contributed by atoms with E-state index in [0.717, 1.165) is 0 Å². The van der Waals surface area contributed by atoms with Crippen LogP contribution < -0.4 is 15.8 Å². The zero-order valence-corrected chi connectivity index (χ0v) is 11.0. The maximum absolute atomic E-state index is 13.3. The Morgan fingerprint density at radius 1 is 1.50 bits per heavy atom. The largest absolute Gasteiger partial charge is 0.478 e. The first-order chi connectivity index (χ1) is 8.19. The third-order valence-corrected chi connectivity index (χ3v) is 2.21.